The van der Waals surface area contributed by atoms with Crippen LogP contribution in [-0.2, 0) is 0 Å². The molecule has 1 aromatic carbocycles. The zero-order valence-corrected chi connectivity index (χ0v) is 13.6. The molecule has 0 amide bonds. The van der Waals surface area contributed by atoms with Gasteiger partial charge in [-0.25, -0.2) is 8.78 Å². The summed E-state index contributed by atoms with van der Waals surface area (Å²) in [6, 6.07) is 6.14. The van der Waals surface area contributed by atoms with Crippen molar-refractivity contribution in [2.75, 3.05) is 7.05 Å². The number of hydrogen-bond acceptors (Lipinski definition) is 3. The van der Waals surface area contributed by atoms with Gasteiger partial charge in [-0.3, -0.25) is 0 Å². The molecular weight excluding hydrogens is 364 g/mol. The molecule has 0 bridgehead atoms. The van der Waals surface area contributed by atoms with Gasteiger partial charge in [0.25, 0.3) is 0 Å². The van der Waals surface area contributed by atoms with Gasteiger partial charge >= 0.3 is 0 Å². The Hall–Kier alpha value is -0.820. The number of hydrogen-bond donors (Lipinski definition) is 1. The molecule has 1 atom stereocenters. The molecule has 1 nitrogen and oxygen atoms in total. The summed E-state index contributed by atoms with van der Waals surface area (Å²) in [5, 5.41) is 5.09. The molecule has 3 rings (SSSR count). The monoisotopic (exact) mass is 373 g/mol. The van der Waals surface area contributed by atoms with Crippen molar-refractivity contribution in [2.45, 2.75) is 6.04 Å². The summed E-state index contributed by atoms with van der Waals surface area (Å²) in [5.74, 6) is -0.880. The van der Waals surface area contributed by atoms with Crippen LogP contribution in [0.5, 0.6) is 0 Å². The number of fused-ring (bicyclic) bond motifs is 1. The van der Waals surface area contributed by atoms with Crippen molar-refractivity contribution in [1.82, 2.24) is 5.32 Å². The highest BCUT2D eigenvalue weighted by Crippen LogP contribution is 2.37. The summed E-state index contributed by atoms with van der Waals surface area (Å²) in [7, 11) is 1.75. The van der Waals surface area contributed by atoms with E-state index in [0.29, 0.717) is 5.56 Å². The lowest BCUT2D eigenvalue weighted by Crippen LogP contribution is -2.18. The third-order valence-electron chi connectivity index (χ3n) is 3.08. The molecule has 20 heavy (non-hydrogen) atoms. The van der Waals surface area contributed by atoms with Crippen molar-refractivity contribution in [1.29, 1.82) is 0 Å². The topological polar surface area (TPSA) is 12.0 Å². The second-order valence-corrected chi connectivity index (χ2v) is 7.22. The standard InChI is InChI=1S/C14H10BrF2NS2/c1-18-14(7-4-10(17)8(15)5-9(7)16)13-6-12-11(20-13)2-3-19-12/h2-6,14,18H,1H3. The Balaban J connectivity index is 2.09. The smallest absolute Gasteiger partial charge is 0.137 e. The molecule has 2 heterocycles. The molecule has 6 heteroatoms. The Kier molecular flexibility index (Phi) is 3.90. The first-order chi connectivity index (χ1) is 9.60. The molecule has 104 valence electrons. The molecule has 0 radical (unpaired) electrons. The van der Waals surface area contributed by atoms with Crippen LogP contribution in [0.4, 0.5) is 8.78 Å². The molecular formula is C14H10BrF2NS2. The second-order valence-electron chi connectivity index (χ2n) is 4.31. The molecule has 1 unspecified atom stereocenters. The fourth-order valence-corrected chi connectivity index (χ4v) is 4.70. The van der Waals surface area contributed by atoms with Crippen LogP contribution >= 0.6 is 38.6 Å². The Morgan fingerprint density at radius 2 is 1.95 bits per heavy atom. The average Bonchev–Trinajstić information content (AvgIpc) is 2.97. The van der Waals surface area contributed by atoms with Crippen LogP contribution in [0.15, 0.2) is 34.1 Å². The maximum Gasteiger partial charge on any atom is 0.137 e. The molecule has 0 aliphatic carbocycles. The van der Waals surface area contributed by atoms with E-state index in [9.17, 15) is 8.78 Å². The zero-order valence-electron chi connectivity index (χ0n) is 10.4. The van der Waals surface area contributed by atoms with Crippen molar-refractivity contribution in [3.63, 3.8) is 0 Å². The molecule has 0 fully saturated rings. The van der Waals surface area contributed by atoms with Crippen molar-refractivity contribution >= 4 is 48.0 Å². The number of nitrogens with one attached hydrogen (secondary N) is 1. The third-order valence-corrected chi connectivity index (χ3v) is 5.85. The predicted octanol–water partition coefficient (Wildman–Crippen LogP) is 5.31. The van der Waals surface area contributed by atoms with E-state index in [1.165, 1.54) is 21.5 Å². The number of benzene rings is 1. The van der Waals surface area contributed by atoms with Crippen LogP contribution in [0.2, 0.25) is 0 Å². The SMILES string of the molecule is CNC(c1cc2sccc2s1)c1cc(F)c(Br)cc1F. The molecule has 0 aliphatic rings. The van der Waals surface area contributed by atoms with E-state index in [2.05, 4.69) is 21.2 Å². The third kappa shape index (κ3) is 2.41. The van der Waals surface area contributed by atoms with E-state index in [1.807, 2.05) is 17.5 Å². The first-order valence-corrected chi connectivity index (χ1v) is 8.37. The fourth-order valence-electron chi connectivity index (χ4n) is 2.14. The Labute approximate surface area is 131 Å². The minimum atomic E-state index is -0.458. The van der Waals surface area contributed by atoms with Crippen LogP contribution in [0.1, 0.15) is 16.5 Å². The fraction of sp³-hybridized carbons (Fsp3) is 0.143. The Bertz CT molecular complexity index is 737. The summed E-state index contributed by atoms with van der Waals surface area (Å²) in [5.41, 5.74) is 0.321. The Morgan fingerprint density at radius 3 is 2.65 bits per heavy atom. The van der Waals surface area contributed by atoms with Gasteiger partial charge in [0.1, 0.15) is 11.6 Å². The van der Waals surface area contributed by atoms with Gasteiger partial charge in [-0.05, 0) is 52.6 Å². The minimum Gasteiger partial charge on any atom is -0.309 e. The average molecular weight is 374 g/mol. The molecule has 0 aliphatic heterocycles. The van der Waals surface area contributed by atoms with Gasteiger partial charge in [-0.1, -0.05) is 0 Å². The van der Waals surface area contributed by atoms with Crippen LogP contribution in [0, 0.1) is 11.6 Å². The highest BCUT2D eigenvalue weighted by molar-refractivity contribution is 9.10. The van der Waals surface area contributed by atoms with Crippen LogP contribution in [-0.4, -0.2) is 7.05 Å². The lowest BCUT2D eigenvalue weighted by Gasteiger charge is -2.16. The van der Waals surface area contributed by atoms with Gasteiger partial charge in [-0.2, -0.15) is 0 Å². The van der Waals surface area contributed by atoms with Crippen molar-refractivity contribution in [3.8, 4) is 0 Å². The predicted molar refractivity (Wildman–Crippen MR) is 84.7 cm³/mol. The molecule has 0 saturated carbocycles. The summed E-state index contributed by atoms with van der Waals surface area (Å²) in [4.78, 5) is 0.981. The van der Waals surface area contributed by atoms with Gasteiger partial charge < -0.3 is 5.32 Å². The van der Waals surface area contributed by atoms with E-state index in [1.54, 1.807) is 29.7 Å². The van der Waals surface area contributed by atoms with Gasteiger partial charge in [0.05, 0.1) is 10.5 Å². The van der Waals surface area contributed by atoms with Gasteiger partial charge in [0, 0.05) is 19.8 Å². The Morgan fingerprint density at radius 1 is 1.15 bits per heavy atom. The molecule has 1 N–H and O–H groups in total. The zero-order chi connectivity index (χ0) is 14.3. The van der Waals surface area contributed by atoms with E-state index in [-0.39, 0.29) is 10.5 Å². The molecule has 3 aromatic rings. The number of halogens is 3. The van der Waals surface area contributed by atoms with Crippen molar-refractivity contribution in [3.05, 3.63) is 56.2 Å². The molecule has 2 aromatic heterocycles. The van der Waals surface area contributed by atoms with E-state index >= 15 is 0 Å². The van der Waals surface area contributed by atoms with E-state index < -0.39 is 11.6 Å². The number of thiophene rings is 2. The first-order valence-electron chi connectivity index (χ1n) is 5.89. The minimum absolute atomic E-state index is 0.140. The van der Waals surface area contributed by atoms with E-state index in [4.69, 9.17) is 0 Å². The van der Waals surface area contributed by atoms with Crippen molar-refractivity contribution in [2.24, 2.45) is 0 Å². The van der Waals surface area contributed by atoms with Crippen molar-refractivity contribution < 1.29 is 8.78 Å². The largest absolute Gasteiger partial charge is 0.309 e. The molecule has 0 spiro atoms. The summed E-state index contributed by atoms with van der Waals surface area (Å²) >= 11 is 6.24. The van der Waals surface area contributed by atoms with Crippen LogP contribution in [0.25, 0.3) is 9.40 Å². The normalized spacial score (nSPS) is 13.0. The van der Waals surface area contributed by atoms with Gasteiger partial charge in [0.15, 0.2) is 0 Å². The summed E-state index contributed by atoms with van der Waals surface area (Å²) in [6.07, 6.45) is 0. The number of rotatable bonds is 3. The van der Waals surface area contributed by atoms with E-state index in [0.717, 1.165) is 4.88 Å². The van der Waals surface area contributed by atoms with Gasteiger partial charge in [0.2, 0.25) is 0 Å². The molecule has 0 saturated heterocycles. The highest BCUT2D eigenvalue weighted by atomic mass is 79.9. The quantitative estimate of drug-likeness (QED) is 0.613. The second kappa shape index (κ2) is 5.52. The lowest BCUT2D eigenvalue weighted by molar-refractivity contribution is 0.557. The maximum atomic E-state index is 14.1. The summed E-state index contributed by atoms with van der Waals surface area (Å²) in [6.45, 7) is 0. The van der Waals surface area contributed by atoms with Gasteiger partial charge in [-0.15, -0.1) is 22.7 Å². The lowest BCUT2D eigenvalue weighted by atomic mass is 10.0. The first kappa shape index (κ1) is 14.1. The van der Waals surface area contributed by atoms with Crippen LogP contribution < -0.4 is 5.32 Å². The highest BCUT2D eigenvalue weighted by Gasteiger charge is 2.20. The summed E-state index contributed by atoms with van der Waals surface area (Å²) < 4.78 is 30.3. The van der Waals surface area contributed by atoms with Crippen LogP contribution in [0.3, 0.4) is 0 Å². The maximum absolute atomic E-state index is 14.1.